The van der Waals surface area contributed by atoms with Gasteiger partial charge in [0.2, 0.25) is 0 Å². The minimum atomic E-state index is -1.05. The van der Waals surface area contributed by atoms with Crippen LogP contribution in [0.1, 0.15) is 16.1 Å². The van der Waals surface area contributed by atoms with E-state index in [0.29, 0.717) is 21.3 Å². The Labute approximate surface area is 128 Å². The molecule has 2 heterocycles. The summed E-state index contributed by atoms with van der Waals surface area (Å²) in [5.41, 5.74) is 0.717. The summed E-state index contributed by atoms with van der Waals surface area (Å²) in [6.45, 7) is 0.131. The molecule has 0 bridgehead atoms. The highest BCUT2D eigenvalue weighted by Gasteiger charge is 2.17. The van der Waals surface area contributed by atoms with Crippen LogP contribution >= 0.6 is 15.9 Å². The maximum absolute atomic E-state index is 11.5. The molecule has 21 heavy (non-hydrogen) atoms. The van der Waals surface area contributed by atoms with Crippen molar-refractivity contribution in [1.82, 2.24) is 4.98 Å². The molecule has 0 aliphatic carbocycles. The van der Waals surface area contributed by atoms with E-state index in [1.54, 1.807) is 30.3 Å². The first-order valence-corrected chi connectivity index (χ1v) is 6.92. The summed E-state index contributed by atoms with van der Waals surface area (Å²) in [6, 6.07) is 10.5. The lowest BCUT2D eigenvalue weighted by Gasteiger charge is -2.09. The standard InChI is InChI=1S/C15H10BrNO4/c16-13-6-5-9(21-13)8-20-12-7-17-11-4-2-1-3-10(11)14(12)15(18)19/h1-7H,8H2,(H,18,19). The molecule has 1 aromatic carbocycles. The van der Waals surface area contributed by atoms with E-state index in [9.17, 15) is 9.90 Å². The van der Waals surface area contributed by atoms with Gasteiger partial charge in [-0.1, -0.05) is 18.2 Å². The first-order chi connectivity index (χ1) is 10.1. The van der Waals surface area contributed by atoms with Crippen molar-refractivity contribution >= 4 is 32.8 Å². The highest BCUT2D eigenvalue weighted by atomic mass is 79.9. The molecular formula is C15H10BrNO4. The van der Waals surface area contributed by atoms with Crippen molar-refractivity contribution in [2.75, 3.05) is 0 Å². The fraction of sp³-hybridized carbons (Fsp3) is 0.0667. The molecule has 3 aromatic rings. The van der Waals surface area contributed by atoms with Gasteiger partial charge in [-0.15, -0.1) is 0 Å². The Balaban J connectivity index is 1.97. The van der Waals surface area contributed by atoms with E-state index in [4.69, 9.17) is 9.15 Å². The molecule has 0 amide bonds. The van der Waals surface area contributed by atoms with Crippen molar-refractivity contribution in [3.63, 3.8) is 0 Å². The number of hydrogen-bond donors (Lipinski definition) is 1. The Morgan fingerprint density at radius 2 is 2.10 bits per heavy atom. The highest BCUT2D eigenvalue weighted by molar-refractivity contribution is 9.10. The zero-order valence-corrected chi connectivity index (χ0v) is 12.3. The van der Waals surface area contributed by atoms with Gasteiger partial charge in [-0.2, -0.15) is 0 Å². The number of pyridine rings is 1. The summed E-state index contributed by atoms with van der Waals surface area (Å²) >= 11 is 3.20. The van der Waals surface area contributed by atoms with Gasteiger partial charge in [-0.25, -0.2) is 4.79 Å². The van der Waals surface area contributed by atoms with Crippen LogP contribution in [0, 0.1) is 0 Å². The van der Waals surface area contributed by atoms with Crippen LogP contribution in [0.4, 0.5) is 0 Å². The molecule has 0 atom stereocenters. The number of fused-ring (bicyclic) bond motifs is 1. The topological polar surface area (TPSA) is 72.6 Å². The van der Waals surface area contributed by atoms with Crippen molar-refractivity contribution in [2.45, 2.75) is 6.61 Å². The largest absolute Gasteiger partial charge is 0.483 e. The third-order valence-corrected chi connectivity index (χ3v) is 3.38. The maximum Gasteiger partial charge on any atom is 0.340 e. The number of carboxylic acids is 1. The number of ether oxygens (including phenoxy) is 1. The summed E-state index contributed by atoms with van der Waals surface area (Å²) in [7, 11) is 0. The second-order valence-corrected chi connectivity index (χ2v) is 5.10. The molecule has 0 aliphatic rings. The molecule has 6 heteroatoms. The van der Waals surface area contributed by atoms with Crippen LogP contribution in [0.15, 0.2) is 51.7 Å². The van der Waals surface area contributed by atoms with Crippen molar-refractivity contribution < 1.29 is 19.1 Å². The fourth-order valence-corrected chi connectivity index (χ4v) is 2.37. The predicted molar refractivity (Wildman–Crippen MR) is 79.4 cm³/mol. The van der Waals surface area contributed by atoms with E-state index in [0.717, 1.165) is 0 Å². The van der Waals surface area contributed by atoms with E-state index in [1.807, 2.05) is 6.07 Å². The van der Waals surface area contributed by atoms with Gasteiger partial charge in [-0.3, -0.25) is 4.98 Å². The molecule has 0 saturated heterocycles. The SMILES string of the molecule is O=C(O)c1c(OCc2ccc(Br)o2)cnc2ccccc12. The number of para-hydroxylation sites is 1. The number of furan rings is 1. The monoisotopic (exact) mass is 347 g/mol. The predicted octanol–water partition coefficient (Wildman–Crippen LogP) is 3.87. The summed E-state index contributed by atoms with van der Waals surface area (Å²) in [6.07, 6.45) is 1.42. The molecule has 0 unspecified atom stereocenters. The van der Waals surface area contributed by atoms with Gasteiger partial charge in [0, 0.05) is 5.39 Å². The van der Waals surface area contributed by atoms with Gasteiger partial charge in [0.15, 0.2) is 10.4 Å². The number of aromatic carboxylic acids is 1. The summed E-state index contributed by atoms with van der Waals surface area (Å²) in [5, 5.41) is 9.97. The zero-order chi connectivity index (χ0) is 14.8. The molecule has 106 valence electrons. The molecule has 5 nitrogen and oxygen atoms in total. The first-order valence-electron chi connectivity index (χ1n) is 6.13. The van der Waals surface area contributed by atoms with E-state index < -0.39 is 5.97 Å². The van der Waals surface area contributed by atoms with Gasteiger partial charge in [0.05, 0.1) is 11.7 Å². The summed E-state index contributed by atoms with van der Waals surface area (Å²) in [5.74, 6) is -0.246. The number of halogens is 1. The molecule has 3 rings (SSSR count). The molecule has 0 radical (unpaired) electrons. The minimum Gasteiger partial charge on any atom is -0.483 e. The molecule has 2 aromatic heterocycles. The lowest BCUT2D eigenvalue weighted by molar-refractivity contribution is 0.0693. The van der Waals surface area contributed by atoms with Crippen LogP contribution in [0.3, 0.4) is 0 Å². The van der Waals surface area contributed by atoms with E-state index in [2.05, 4.69) is 20.9 Å². The molecule has 0 saturated carbocycles. The van der Waals surface area contributed by atoms with E-state index in [1.165, 1.54) is 6.20 Å². The number of aromatic nitrogens is 1. The number of hydrogen-bond acceptors (Lipinski definition) is 4. The quantitative estimate of drug-likeness (QED) is 0.775. The van der Waals surface area contributed by atoms with Gasteiger partial charge < -0.3 is 14.3 Å². The summed E-state index contributed by atoms with van der Waals surface area (Å²) in [4.78, 5) is 15.7. The molecule has 1 N–H and O–H groups in total. The Bertz CT molecular complexity index is 812. The third kappa shape index (κ3) is 2.75. The normalized spacial score (nSPS) is 10.7. The number of carboxylic acid groups (broad SMARTS) is 1. The number of rotatable bonds is 4. The van der Waals surface area contributed by atoms with Crippen molar-refractivity contribution in [1.29, 1.82) is 0 Å². The van der Waals surface area contributed by atoms with Crippen LogP contribution in [-0.4, -0.2) is 16.1 Å². The summed E-state index contributed by atoms with van der Waals surface area (Å²) < 4.78 is 11.5. The van der Waals surface area contributed by atoms with Gasteiger partial charge in [0.1, 0.15) is 17.9 Å². The van der Waals surface area contributed by atoms with Crippen LogP contribution in [0.5, 0.6) is 5.75 Å². The lowest BCUT2D eigenvalue weighted by atomic mass is 10.1. The molecular weight excluding hydrogens is 338 g/mol. The smallest absolute Gasteiger partial charge is 0.340 e. The molecule has 0 spiro atoms. The van der Waals surface area contributed by atoms with Crippen LogP contribution in [0.2, 0.25) is 0 Å². The van der Waals surface area contributed by atoms with Crippen LogP contribution < -0.4 is 4.74 Å². The maximum atomic E-state index is 11.5. The first kappa shape index (κ1) is 13.6. The van der Waals surface area contributed by atoms with E-state index in [-0.39, 0.29) is 17.9 Å². The average molecular weight is 348 g/mol. The minimum absolute atomic E-state index is 0.103. The number of carbonyl (C=O) groups is 1. The second-order valence-electron chi connectivity index (χ2n) is 4.31. The van der Waals surface area contributed by atoms with Gasteiger partial charge in [0.25, 0.3) is 0 Å². The van der Waals surface area contributed by atoms with Crippen molar-refractivity contribution in [3.05, 3.63) is 58.6 Å². The molecule has 0 aliphatic heterocycles. The number of nitrogens with zero attached hydrogens (tertiary/aromatic N) is 1. The average Bonchev–Trinajstić information content (AvgIpc) is 2.89. The van der Waals surface area contributed by atoms with Crippen LogP contribution in [-0.2, 0) is 6.61 Å². The Kier molecular flexibility index (Phi) is 3.62. The molecule has 0 fully saturated rings. The lowest BCUT2D eigenvalue weighted by Crippen LogP contribution is -2.05. The second kappa shape index (κ2) is 5.57. The van der Waals surface area contributed by atoms with Crippen LogP contribution in [0.25, 0.3) is 10.9 Å². The number of benzene rings is 1. The fourth-order valence-electron chi connectivity index (χ4n) is 2.03. The van der Waals surface area contributed by atoms with Crippen molar-refractivity contribution in [3.8, 4) is 5.75 Å². The van der Waals surface area contributed by atoms with Gasteiger partial charge >= 0.3 is 5.97 Å². The Morgan fingerprint density at radius 3 is 2.81 bits per heavy atom. The van der Waals surface area contributed by atoms with Gasteiger partial charge in [-0.05, 0) is 34.1 Å². The Hall–Kier alpha value is -2.34. The third-order valence-electron chi connectivity index (χ3n) is 2.95. The Morgan fingerprint density at radius 1 is 1.29 bits per heavy atom. The van der Waals surface area contributed by atoms with E-state index >= 15 is 0 Å². The van der Waals surface area contributed by atoms with Crippen molar-refractivity contribution in [2.24, 2.45) is 0 Å². The zero-order valence-electron chi connectivity index (χ0n) is 10.7. The highest BCUT2D eigenvalue weighted by Crippen LogP contribution is 2.27.